The summed E-state index contributed by atoms with van der Waals surface area (Å²) < 4.78 is 0. The Labute approximate surface area is 102 Å². The summed E-state index contributed by atoms with van der Waals surface area (Å²) in [5, 5.41) is 0. The first kappa shape index (κ1) is 15.7. The highest BCUT2D eigenvalue weighted by atomic mass is 16.1. The quantitative estimate of drug-likeness (QED) is 0.472. The normalized spacial score (nSPS) is 11.8. The lowest BCUT2D eigenvalue weighted by atomic mass is 9.73. The number of Topliss-reactive ketones (excluding diaryl/α,β-unsaturated/α-hetero) is 1. The van der Waals surface area contributed by atoms with Crippen LogP contribution in [0, 0.1) is 5.41 Å². The fourth-order valence-corrected chi connectivity index (χ4v) is 2.51. The Morgan fingerprint density at radius 3 is 1.56 bits per heavy atom. The third-order valence-electron chi connectivity index (χ3n) is 3.94. The molecule has 0 heterocycles. The fraction of sp³-hybridized carbons (Fsp3) is 0.933. The first-order valence-electron chi connectivity index (χ1n) is 7.14. The SMILES string of the molecule is CCCCCC(CC)(CCCCC)C(C)=O. The van der Waals surface area contributed by atoms with E-state index in [1.165, 1.54) is 38.5 Å². The van der Waals surface area contributed by atoms with E-state index < -0.39 is 0 Å². The van der Waals surface area contributed by atoms with Crippen LogP contribution in [0.5, 0.6) is 0 Å². The molecule has 1 heteroatoms. The Morgan fingerprint density at radius 2 is 1.31 bits per heavy atom. The average Bonchev–Trinajstić information content (AvgIpc) is 2.27. The third-order valence-corrected chi connectivity index (χ3v) is 3.94. The maximum Gasteiger partial charge on any atom is 0.135 e. The van der Waals surface area contributed by atoms with Gasteiger partial charge in [-0.15, -0.1) is 0 Å². The van der Waals surface area contributed by atoms with Gasteiger partial charge >= 0.3 is 0 Å². The van der Waals surface area contributed by atoms with E-state index in [9.17, 15) is 4.79 Å². The molecule has 0 aromatic heterocycles. The van der Waals surface area contributed by atoms with Crippen LogP contribution in [-0.2, 0) is 4.79 Å². The number of hydrogen-bond acceptors (Lipinski definition) is 1. The van der Waals surface area contributed by atoms with Crippen molar-refractivity contribution in [2.75, 3.05) is 0 Å². The molecular weight excluding hydrogens is 196 g/mol. The van der Waals surface area contributed by atoms with E-state index in [4.69, 9.17) is 0 Å². The standard InChI is InChI=1S/C15H30O/c1-5-8-10-12-15(7-3,14(4)16)13-11-9-6-2/h5-13H2,1-4H3. The first-order chi connectivity index (χ1) is 7.63. The predicted molar refractivity (Wildman–Crippen MR) is 71.7 cm³/mol. The summed E-state index contributed by atoms with van der Waals surface area (Å²) in [6.07, 6.45) is 10.7. The van der Waals surface area contributed by atoms with Crippen molar-refractivity contribution in [1.82, 2.24) is 0 Å². The Kier molecular flexibility index (Phi) is 8.60. The zero-order valence-corrected chi connectivity index (χ0v) is 11.8. The van der Waals surface area contributed by atoms with E-state index in [2.05, 4.69) is 20.8 Å². The highest BCUT2D eigenvalue weighted by Gasteiger charge is 2.31. The molecule has 0 radical (unpaired) electrons. The topological polar surface area (TPSA) is 17.1 Å². The van der Waals surface area contributed by atoms with Crippen LogP contribution in [0.4, 0.5) is 0 Å². The number of carbonyl (C=O) groups is 1. The van der Waals surface area contributed by atoms with Crippen LogP contribution in [0.1, 0.15) is 85.5 Å². The molecule has 0 fully saturated rings. The van der Waals surface area contributed by atoms with Gasteiger partial charge in [0.2, 0.25) is 0 Å². The van der Waals surface area contributed by atoms with E-state index in [0.29, 0.717) is 5.78 Å². The molecule has 0 aliphatic carbocycles. The van der Waals surface area contributed by atoms with Crippen LogP contribution in [0.3, 0.4) is 0 Å². The van der Waals surface area contributed by atoms with Gasteiger partial charge in [-0.25, -0.2) is 0 Å². The minimum absolute atomic E-state index is 0.00431. The largest absolute Gasteiger partial charge is 0.299 e. The first-order valence-corrected chi connectivity index (χ1v) is 7.14. The van der Waals surface area contributed by atoms with Gasteiger partial charge in [-0.1, -0.05) is 59.3 Å². The van der Waals surface area contributed by atoms with Crippen LogP contribution >= 0.6 is 0 Å². The van der Waals surface area contributed by atoms with Gasteiger partial charge in [-0.2, -0.15) is 0 Å². The second-order valence-corrected chi connectivity index (χ2v) is 5.10. The van der Waals surface area contributed by atoms with Crippen LogP contribution in [0.25, 0.3) is 0 Å². The summed E-state index contributed by atoms with van der Waals surface area (Å²) in [6, 6.07) is 0. The molecule has 0 atom stereocenters. The van der Waals surface area contributed by atoms with Crippen molar-refractivity contribution in [3.8, 4) is 0 Å². The van der Waals surface area contributed by atoms with Gasteiger partial charge in [0.05, 0.1) is 0 Å². The molecule has 0 unspecified atom stereocenters. The van der Waals surface area contributed by atoms with E-state index in [-0.39, 0.29) is 5.41 Å². The predicted octanol–water partition coefficient (Wildman–Crippen LogP) is 5.13. The lowest BCUT2D eigenvalue weighted by Gasteiger charge is -2.30. The maximum atomic E-state index is 11.9. The second kappa shape index (κ2) is 8.78. The van der Waals surface area contributed by atoms with E-state index in [1.54, 1.807) is 6.92 Å². The van der Waals surface area contributed by atoms with Gasteiger partial charge in [0.25, 0.3) is 0 Å². The van der Waals surface area contributed by atoms with Crippen LogP contribution in [0.15, 0.2) is 0 Å². The number of ketones is 1. The van der Waals surface area contributed by atoms with E-state index in [0.717, 1.165) is 19.3 Å². The van der Waals surface area contributed by atoms with Crippen molar-refractivity contribution < 1.29 is 4.79 Å². The Balaban J connectivity index is 4.27. The molecule has 0 N–H and O–H groups in total. The third kappa shape index (κ3) is 5.14. The molecule has 0 aliphatic heterocycles. The number of rotatable bonds is 10. The van der Waals surface area contributed by atoms with Crippen molar-refractivity contribution in [2.24, 2.45) is 5.41 Å². The van der Waals surface area contributed by atoms with Crippen LogP contribution in [0.2, 0.25) is 0 Å². The summed E-state index contributed by atoms with van der Waals surface area (Å²) >= 11 is 0. The van der Waals surface area contributed by atoms with Crippen molar-refractivity contribution in [2.45, 2.75) is 85.5 Å². The Bertz CT molecular complexity index is 174. The lowest BCUT2D eigenvalue weighted by Crippen LogP contribution is -2.28. The highest BCUT2D eigenvalue weighted by molar-refractivity contribution is 5.82. The molecule has 1 nitrogen and oxygen atoms in total. The molecule has 16 heavy (non-hydrogen) atoms. The van der Waals surface area contributed by atoms with Crippen molar-refractivity contribution in [1.29, 1.82) is 0 Å². The lowest BCUT2D eigenvalue weighted by molar-refractivity contribution is -0.127. The van der Waals surface area contributed by atoms with Crippen molar-refractivity contribution in [3.63, 3.8) is 0 Å². The van der Waals surface area contributed by atoms with E-state index >= 15 is 0 Å². The molecule has 0 spiro atoms. The van der Waals surface area contributed by atoms with E-state index in [1.807, 2.05) is 0 Å². The molecular formula is C15H30O. The minimum Gasteiger partial charge on any atom is -0.299 e. The molecule has 0 aliphatic rings. The minimum atomic E-state index is 0.00431. The molecule has 0 bridgehead atoms. The van der Waals surface area contributed by atoms with Crippen LogP contribution < -0.4 is 0 Å². The van der Waals surface area contributed by atoms with Gasteiger partial charge in [0.1, 0.15) is 5.78 Å². The average molecular weight is 226 g/mol. The van der Waals surface area contributed by atoms with Gasteiger partial charge in [0, 0.05) is 5.41 Å². The monoisotopic (exact) mass is 226 g/mol. The molecule has 0 saturated carbocycles. The summed E-state index contributed by atoms with van der Waals surface area (Å²) in [7, 11) is 0. The second-order valence-electron chi connectivity index (χ2n) is 5.10. The van der Waals surface area contributed by atoms with Gasteiger partial charge in [-0.05, 0) is 26.2 Å². The smallest absolute Gasteiger partial charge is 0.135 e. The summed E-state index contributed by atoms with van der Waals surface area (Å²) in [5.41, 5.74) is 0.00431. The summed E-state index contributed by atoms with van der Waals surface area (Å²) in [6.45, 7) is 8.41. The maximum absolute atomic E-state index is 11.9. The van der Waals surface area contributed by atoms with Crippen molar-refractivity contribution in [3.05, 3.63) is 0 Å². The summed E-state index contributed by atoms with van der Waals surface area (Å²) in [5.74, 6) is 0.419. The van der Waals surface area contributed by atoms with Gasteiger partial charge in [0.15, 0.2) is 0 Å². The Morgan fingerprint density at radius 1 is 0.875 bits per heavy atom. The molecule has 0 aromatic carbocycles. The highest BCUT2D eigenvalue weighted by Crippen LogP contribution is 2.36. The number of carbonyl (C=O) groups excluding carboxylic acids is 1. The zero-order chi connectivity index (χ0) is 12.4. The summed E-state index contributed by atoms with van der Waals surface area (Å²) in [4.78, 5) is 11.9. The number of unbranched alkanes of at least 4 members (excludes halogenated alkanes) is 4. The molecule has 0 amide bonds. The number of hydrogen-bond donors (Lipinski definition) is 0. The Hall–Kier alpha value is -0.330. The molecule has 0 saturated heterocycles. The zero-order valence-electron chi connectivity index (χ0n) is 11.8. The molecule has 0 rings (SSSR count). The van der Waals surface area contributed by atoms with Gasteiger partial charge < -0.3 is 0 Å². The molecule has 96 valence electrons. The van der Waals surface area contributed by atoms with Gasteiger partial charge in [-0.3, -0.25) is 4.79 Å². The van der Waals surface area contributed by atoms with Crippen LogP contribution in [-0.4, -0.2) is 5.78 Å². The molecule has 0 aromatic rings. The fourth-order valence-electron chi connectivity index (χ4n) is 2.51. The van der Waals surface area contributed by atoms with Crippen molar-refractivity contribution >= 4 is 5.78 Å².